The fraction of sp³-hybridized carbons (Fsp3) is 0.235. The number of carbonyl (C=O) groups excluding carboxylic acids is 1. The summed E-state index contributed by atoms with van der Waals surface area (Å²) in [6.45, 7) is 0.364. The third-order valence-corrected chi connectivity index (χ3v) is 6.97. The van der Waals surface area contributed by atoms with E-state index in [2.05, 4.69) is 8.75 Å². The van der Waals surface area contributed by atoms with E-state index in [0.717, 1.165) is 23.9 Å². The number of carbonyl (C=O) groups is 1. The lowest BCUT2D eigenvalue weighted by Gasteiger charge is -2.34. The summed E-state index contributed by atoms with van der Waals surface area (Å²) in [5.74, 6) is -2.22. The third kappa shape index (κ3) is 3.36. The number of benzene rings is 2. The highest BCUT2D eigenvalue weighted by Crippen LogP contribution is 2.25. The molecule has 7 nitrogen and oxygen atoms in total. The maximum absolute atomic E-state index is 13.4. The molecule has 0 spiro atoms. The Morgan fingerprint density at radius 3 is 2.36 bits per heavy atom. The normalized spacial score (nSPS) is 15.9. The Morgan fingerprint density at radius 1 is 1.00 bits per heavy atom. The first-order valence-electron chi connectivity index (χ1n) is 8.33. The zero-order valence-electron chi connectivity index (χ0n) is 14.4. The maximum Gasteiger partial charge on any atom is 0.254 e. The van der Waals surface area contributed by atoms with E-state index >= 15 is 0 Å². The Bertz CT molecular complexity index is 1140. The Hall–Kier alpha value is -2.50. The van der Waals surface area contributed by atoms with Gasteiger partial charge in [-0.1, -0.05) is 6.07 Å². The van der Waals surface area contributed by atoms with Gasteiger partial charge in [-0.2, -0.15) is 13.1 Å². The number of nitrogens with zero attached hydrogens (tertiary/aromatic N) is 4. The predicted octanol–water partition coefficient (Wildman–Crippen LogP) is 2.12. The van der Waals surface area contributed by atoms with Crippen LogP contribution in [-0.4, -0.2) is 58.5 Å². The number of halogens is 2. The van der Waals surface area contributed by atoms with Crippen LogP contribution in [0.4, 0.5) is 8.78 Å². The molecule has 0 bridgehead atoms. The van der Waals surface area contributed by atoms with E-state index in [0.29, 0.717) is 17.1 Å². The van der Waals surface area contributed by atoms with Crippen molar-refractivity contribution in [2.45, 2.75) is 4.90 Å². The predicted molar refractivity (Wildman–Crippen MR) is 98.4 cm³/mol. The smallest absolute Gasteiger partial charge is 0.254 e. The average Bonchev–Trinajstić information content (AvgIpc) is 3.15. The Labute approximate surface area is 163 Å². The molecule has 0 radical (unpaired) electrons. The summed E-state index contributed by atoms with van der Waals surface area (Å²) < 4.78 is 62.1. The third-order valence-electron chi connectivity index (χ3n) is 4.50. The molecule has 1 saturated heterocycles. The zero-order valence-corrected chi connectivity index (χ0v) is 16.0. The van der Waals surface area contributed by atoms with Crippen LogP contribution in [0.2, 0.25) is 0 Å². The first kappa shape index (κ1) is 18.8. The zero-order chi connectivity index (χ0) is 19.9. The topological polar surface area (TPSA) is 83.5 Å². The molecule has 1 aliphatic rings. The first-order valence-corrected chi connectivity index (χ1v) is 10.5. The minimum Gasteiger partial charge on any atom is -0.336 e. The van der Waals surface area contributed by atoms with E-state index in [1.165, 1.54) is 15.3 Å². The summed E-state index contributed by atoms with van der Waals surface area (Å²) in [7, 11) is -3.81. The van der Waals surface area contributed by atoms with Gasteiger partial charge < -0.3 is 4.90 Å². The lowest BCUT2D eigenvalue weighted by Crippen LogP contribution is -2.50. The number of fused-ring (bicyclic) bond motifs is 1. The number of hydrogen-bond donors (Lipinski definition) is 0. The first-order chi connectivity index (χ1) is 13.4. The van der Waals surface area contributed by atoms with Crippen LogP contribution in [0.3, 0.4) is 0 Å². The number of piperazine rings is 1. The molecule has 1 amide bonds. The molecule has 1 aromatic heterocycles. The highest BCUT2D eigenvalue weighted by Gasteiger charge is 2.32. The van der Waals surface area contributed by atoms with Crippen LogP contribution in [-0.2, 0) is 10.0 Å². The second kappa shape index (κ2) is 7.15. The van der Waals surface area contributed by atoms with E-state index < -0.39 is 27.6 Å². The average molecular weight is 424 g/mol. The highest BCUT2D eigenvalue weighted by atomic mass is 32.2. The molecule has 4 rings (SSSR count). The van der Waals surface area contributed by atoms with E-state index in [9.17, 15) is 22.0 Å². The van der Waals surface area contributed by atoms with Gasteiger partial charge in [0.15, 0.2) is 0 Å². The van der Waals surface area contributed by atoms with Gasteiger partial charge in [-0.3, -0.25) is 4.79 Å². The molecule has 11 heteroatoms. The molecule has 0 N–H and O–H groups in total. The molecule has 1 aliphatic heterocycles. The van der Waals surface area contributed by atoms with Gasteiger partial charge in [0.1, 0.15) is 27.6 Å². The second-order valence-electron chi connectivity index (χ2n) is 6.24. The van der Waals surface area contributed by atoms with Crippen LogP contribution in [0.1, 0.15) is 10.4 Å². The van der Waals surface area contributed by atoms with Gasteiger partial charge in [0, 0.05) is 37.8 Å². The number of sulfonamides is 1. The van der Waals surface area contributed by atoms with Gasteiger partial charge >= 0.3 is 0 Å². The van der Waals surface area contributed by atoms with Crippen LogP contribution in [0.15, 0.2) is 41.3 Å². The molecule has 0 unspecified atom stereocenters. The molecule has 3 aromatic rings. The number of hydrogen-bond acceptors (Lipinski definition) is 6. The molecular weight excluding hydrogens is 410 g/mol. The summed E-state index contributed by atoms with van der Waals surface area (Å²) in [6.07, 6.45) is 0. The van der Waals surface area contributed by atoms with Crippen LogP contribution < -0.4 is 0 Å². The van der Waals surface area contributed by atoms with Crippen LogP contribution >= 0.6 is 11.7 Å². The summed E-state index contributed by atoms with van der Waals surface area (Å²) in [4.78, 5) is 13.9. The van der Waals surface area contributed by atoms with Crippen LogP contribution in [0, 0.1) is 11.6 Å². The van der Waals surface area contributed by atoms with Gasteiger partial charge in [-0.15, -0.1) is 0 Å². The van der Waals surface area contributed by atoms with Crippen molar-refractivity contribution in [3.63, 3.8) is 0 Å². The minimum atomic E-state index is -3.81. The van der Waals surface area contributed by atoms with Crippen LogP contribution in [0.5, 0.6) is 0 Å². The van der Waals surface area contributed by atoms with E-state index in [-0.39, 0.29) is 36.6 Å². The largest absolute Gasteiger partial charge is 0.336 e. The minimum absolute atomic E-state index is 0.0693. The van der Waals surface area contributed by atoms with E-state index in [1.54, 1.807) is 12.1 Å². The summed E-state index contributed by atoms with van der Waals surface area (Å²) in [6, 6.07) is 7.39. The SMILES string of the molecule is O=C(c1cc(F)cc(F)c1)N1CCN(S(=O)(=O)c2cccc3nsnc23)CC1. The van der Waals surface area contributed by atoms with Gasteiger partial charge in [0.25, 0.3) is 5.91 Å². The fourth-order valence-electron chi connectivity index (χ4n) is 3.12. The number of aromatic nitrogens is 2. The molecule has 0 aliphatic carbocycles. The van der Waals surface area contributed by atoms with Crippen LogP contribution in [0.25, 0.3) is 11.0 Å². The standard InChI is InChI=1S/C17H14F2N4O3S2/c18-12-8-11(9-13(19)10-12)17(24)22-4-6-23(7-5-22)28(25,26)15-3-1-2-14-16(15)21-27-20-14/h1-3,8-10H,4-7H2. The summed E-state index contributed by atoms with van der Waals surface area (Å²) in [5.41, 5.74) is 0.724. The highest BCUT2D eigenvalue weighted by molar-refractivity contribution is 7.89. The lowest BCUT2D eigenvalue weighted by atomic mass is 10.1. The summed E-state index contributed by atoms with van der Waals surface area (Å²) in [5, 5.41) is 0. The van der Waals surface area contributed by atoms with Crippen molar-refractivity contribution in [2.24, 2.45) is 0 Å². The molecule has 2 heterocycles. The maximum atomic E-state index is 13.4. The molecule has 0 atom stereocenters. The van der Waals surface area contributed by atoms with Crippen molar-refractivity contribution in [3.05, 3.63) is 53.6 Å². The van der Waals surface area contributed by atoms with Crippen molar-refractivity contribution >= 4 is 38.7 Å². The Kier molecular flexibility index (Phi) is 4.81. The van der Waals surface area contributed by atoms with Crippen molar-refractivity contribution in [1.29, 1.82) is 0 Å². The van der Waals surface area contributed by atoms with Gasteiger partial charge in [-0.05, 0) is 24.3 Å². The molecule has 1 fully saturated rings. The quantitative estimate of drug-likeness (QED) is 0.643. The molecule has 0 saturated carbocycles. The number of amides is 1. The molecule has 146 valence electrons. The molecule has 2 aromatic carbocycles. The second-order valence-corrected chi connectivity index (χ2v) is 8.68. The molecule has 28 heavy (non-hydrogen) atoms. The van der Waals surface area contributed by atoms with Crippen molar-refractivity contribution in [2.75, 3.05) is 26.2 Å². The Balaban J connectivity index is 1.52. The number of rotatable bonds is 3. The Morgan fingerprint density at radius 2 is 1.68 bits per heavy atom. The fourth-order valence-corrected chi connectivity index (χ4v) is 5.29. The monoisotopic (exact) mass is 424 g/mol. The van der Waals surface area contributed by atoms with Crippen molar-refractivity contribution in [1.82, 2.24) is 18.0 Å². The van der Waals surface area contributed by atoms with Gasteiger partial charge in [0.2, 0.25) is 10.0 Å². The van der Waals surface area contributed by atoms with Gasteiger partial charge in [-0.25, -0.2) is 17.2 Å². The summed E-state index contributed by atoms with van der Waals surface area (Å²) >= 11 is 0.937. The van der Waals surface area contributed by atoms with E-state index in [4.69, 9.17) is 0 Å². The molecular formula is C17H14F2N4O3S2. The van der Waals surface area contributed by atoms with Crippen molar-refractivity contribution in [3.8, 4) is 0 Å². The lowest BCUT2D eigenvalue weighted by molar-refractivity contribution is 0.0697. The van der Waals surface area contributed by atoms with Crippen molar-refractivity contribution < 1.29 is 22.0 Å². The van der Waals surface area contributed by atoms with Gasteiger partial charge in [0.05, 0.1) is 11.7 Å². The van der Waals surface area contributed by atoms with E-state index in [1.807, 2.05) is 0 Å².